The molecule has 0 radical (unpaired) electrons. The fourth-order valence-electron chi connectivity index (χ4n) is 4.12. The molecular formula is C25H31FN4O3S. The summed E-state index contributed by atoms with van der Waals surface area (Å²) in [7, 11) is 0. The predicted molar refractivity (Wildman–Crippen MR) is 130 cm³/mol. The van der Waals surface area contributed by atoms with Gasteiger partial charge >= 0.3 is 0 Å². The van der Waals surface area contributed by atoms with Crippen LogP contribution in [-0.2, 0) is 21.5 Å². The van der Waals surface area contributed by atoms with E-state index >= 15 is 0 Å². The van der Waals surface area contributed by atoms with E-state index in [1.54, 1.807) is 18.3 Å². The van der Waals surface area contributed by atoms with Crippen LogP contribution in [0.15, 0.2) is 35.8 Å². The lowest BCUT2D eigenvalue weighted by Crippen LogP contribution is -2.44. The Hall–Kier alpha value is -2.62. The van der Waals surface area contributed by atoms with Gasteiger partial charge < -0.3 is 15.2 Å². The molecule has 1 fully saturated rings. The molecule has 1 saturated heterocycles. The number of carbonyl (C=O) groups is 1. The van der Waals surface area contributed by atoms with Crippen molar-refractivity contribution >= 4 is 17.2 Å². The van der Waals surface area contributed by atoms with E-state index in [2.05, 4.69) is 31.2 Å². The molecule has 3 heterocycles. The second-order valence-corrected chi connectivity index (χ2v) is 10.7. The van der Waals surface area contributed by atoms with E-state index in [-0.39, 0.29) is 35.7 Å². The molecule has 0 aliphatic carbocycles. The number of aliphatic hydroxyl groups is 1. The third kappa shape index (κ3) is 5.37. The maximum absolute atomic E-state index is 13.5. The van der Waals surface area contributed by atoms with Crippen LogP contribution < -0.4 is 5.32 Å². The van der Waals surface area contributed by atoms with Gasteiger partial charge in [-0.2, -0.15) is 5.10 Å². The second-order valence-electron chi connectivity index (χ2n) is 9.86. The first-order valence-corrected chi connectivity index (χ1v) is 12.3. The molecule has 0 unspecified atom stereocenters. The number of carbonyl (C=O) groups excluding carboxylic acids is 1. The fraction of sp³-hybridized carbons (Fsp3) is 0.480. The Bertz CT molecular complexity index is 1130. The Morgan fingerprint density at radius 1 is 1.26 bits per heavy atom. The van der Waals surface area contributed by atoms with Crippen molar-refractivity contribution < 1.29 is 19.0 Å². The van der Waals surface area contributed by atoms with Gasteiger partial charge in [0.15, 0.2) is 0 Å². The lowest BCUT2D eigenvalue weighted by Gasteiger charge is -2.35. The van der Waals surface area contributed by atoms with Crippen molar-refractivity contribution in [2.24, 2.45) is 5.41 Å². The normalized spacial score (nSPS) is 15.9. The first-order valence-electron chi connectivity index (χ1n) is 11.5. The van der Waals surface area contributed by atoms with E-state index in [9.17, 15) is 14.3 Å². The van der Waals surface area contributed by atoms with Crippen LogP contribution in [0.1, 0.15) is 39.3 Å². The second kappa shape index (κ2) is 9.93. The molecule has 3 aromatic rings. The van der Waals surface area contributed by atoms with Gasteiger partial charge in [-0.25, -0.2) is 9.37 Å². The number of hydrogen-bond donors (Lipinski definition) is 2. The Kier molecular flexibility index (Phi) is 7.16. The zero-order valence-corrected chi connectivity index (χ0v) is 20.6. The summed E-state index contributed by atoms with van der Waals surface area (Å²) in [6.45, 7) is 7.84. The number of ether oxygens (including phenoxy) is 1. The van der Waals surface area contributed by atoms with Crippen LogP contribution >= 0.6 is 11.3 Å². The molecule has 0 bridgehead atoms. The molecule has 1 amide bonds. The topological polar surface area (TPSA) is 89.3 Å². The predicted octanol–water partition coefficient (Wildman–Crippen LogP) is 4.02. The van der Waals surface area contributed by atoms with Gasteiger partial charge in [-0.05, 0) is 57.9 Å². The van der Waals surface area contributed by atoms with Crippen LogP contribution in [-0.4, -0.2) is 52.1 Å². The Labute approximate surface area is 203 Å². The average molecular weight is 487 g/mol. The van der Waals surface area contributed by atoms with Gasteiger partial charge in [0.1, 0.15) is 10.8 Å². The molecule has 1 aliphatic rings. The molecule has 34 heavy (non-hydrogen) atoms. The van der Waals surface area contributed by atoms with Gasteiger partial charge in [-0.15, -0.1) is 11.3 Å². The van der Waals surface area contributed by atoms with Crippen molar-refractivity contribution in [2.45, 2.75) is 45.6 Å². The van der Waals surface area contributed by atoms with Crippen LogP contribution in [0.2, 0.25) is 0 Å². The maximum Gasteiger partial charge on any atom is 0.226 e. The van der Waals surface area contributed by atoms with Crippen LogP contribution in [0, 0.1) is 11.2 Å². The van der Waals surface area contributed by atoms with Crippen molar-refractivity contribution in [1.29, 1.82) is 0 Å². The van der Waals surface area contributed by atoms with Gasteiger partial charge in [0.2, 0.25) is 5.91 Å². The lowest BCUT2D eigenvalue weighted by atomic mass is 9.81. The number of nitrogens with zero attached hydrogens (tertiary/aromatic N) is 3. The molecule has 2 aromatic heterocycles. The SMILES string of the molecule is CC(C)(C)n1ncc(-c2nc(CC(=O)NCC3(CO)CCOCC3)cs2)c1-c1ccc(F)cc1. The number of thiazole rings is 1. The first kappa shape index (κ1) is 24.5. The van der Waals surface area contributed by atoms with Crippen molar-refractivity contribution in [3.05, 3.63) is 47.4 Å². The van der Waals surface area contributed by atoms with Gasteiger partial charge in [0.25, 0.3) is 0 Å². The molecule has 2 N–H and O–H groups in total. The monoisotopic (exact) mass is 486 g/mol. The zero-order chi connectivity index (χ0) is 24.3. The van der Waals surface area contributed by atoms with Gasteiger partial charge in [0.05, 0.1) is 41.7 Å². The van der Waals surface area contributed by atoms with Crippen LogP contribution in [0.3, 0.4) is 0 Å². The molecule has 4 rings (SSSR count). The lowest BCUT2D eigenvalue weighted by molar-refractivity contribution is -0.121. The molecule has 182 valence electrons. The minimum Gasteiger partial charge on any atom is -0.396 e. The minimum atomic E-state index is -0.313. The highest BCUT2D eigenvalue weighted by molar-refractivity contribution is 7.13. The number of aliphatic hydroxyl groups excluding tert-OH is 1. The molecule has 1 aromatic carbocycles. The van der Waals surface area contributed by atoms with E-state index in [4.69, 9.17) is 9.72 Å². The number of rotatable bonds is 7. The van der Waals surface area contributed by atoms with E-state index in [0.717, 1.165) is 34.7 Å². The molecule has 1 aliphatic heterocycles. The Balaban J connectivity index is 1.52. The highest BCUT2D eigenvalue weighted by Gasteiger charge is 2.32. The first-order chi connectivity index (χ1) is 16.2. The molecule has 0 atom stereocenters. The highest BCUT2D eigenvalue weighted by Crippen LogP contribution is 2.37. The highest BCUT2D eigenvalue weighted by atomic mass is 32.1. The molecule has 0 spiro atoms. The zero-order valence-electron chi connectivity index (χ0n) is 19.8. The Morgan fingerprint density at radius 2 is 1.97 bits per heavy atom. The van der Waals surface area contributed by atoms with Crippen LogP contribution in [0.5, 0.6) is 0 Å². The largest absolute Gasteiger partial charge is 0.396 e. The van der Waals surface area contributed by atoms with E-state index in [1.165, 1.54) is 23.5 Å². The summed E-state index contributed by atoms with van der Waals surface area (Å²) in [5, 5.41) is 20.0. The smallest absolute Gasteiger partial charge is 0.226 e. The molecular weight excluding hydrogens is 455 g/mol. The third-order valence-corrected chi connectivity index (χ3v) is 7.12. The van der Waals surface area contributed by atoms with E-state index in [0.29, 0.717) is 25.5 Å². The van der Waals surface area contributed by atoms with Crippen LogP contribution in [0.4, 0.5) is 4.39 Å². The van der Waals surface area contributed by atoms with Crippen molar-refractivity contribution in [2.75, 3.05) is 26.4 Å². The third-order valence-electron chi connectivity index (χ3n) is 6.20. The van der Waals surface area contributed by atoms with E-state index < -0.39 is 0 Å². The molecule has 0 saturated carbocycles. The summed E-state index contributed by atoms with van der Waals surface area (Å²) in [4.78, 5) is 17.3. The summed E-state index contributed by atoms with van der Waals surface area (Å²) in [6, 6.07) is 6.36. The van der Waals surface area contributed by atoms with E-state index in [1.807, 2.05) is 10.1 Å². The average Bonchev–Trinajstić information content (AvgIpc) is 3.46. The molecule has 7 nitrogen and oxygen atoms in total. The summed E-state index contributed by atoms with van der Waals surface area (Å²) >= 11 is 1.46. The number of aromatic nitrogens is 3. The summed E-state index contributed by atoms with van der Waals surface area (Å²) < 4.78 is 20.9. The van der Waals surface area contributed by atoms with Gasteiger partial charge in [-0.1, -0.05) is 0 Å². The molecule has 9 heteroatoms. The Morgan fingerprint density at radius 3 is 2.62 bits per heavy atom. The van der Waals surface area contributed by atoms with Gasteiger partial charge in [0, 0.05) is 36.1 Å². The quantitative estimate of drug-likeness (QED) is 0.527. The fourth-order valence-corrected chi connectivity index (χ4v) is 4.95. The number of benzene rings is 1. The number of hydrogen-bond acceptors (Lipinski definition) is 6. The minimum absolute atomic E-state index is 0.0292. The van der Waals surface area contributed by atoms with Crippen molar-refractivity contribution in [3.8, 4) is 21.8 Å². The standard InChI is InChI=1S/C25H31FN4O3S/c1-24(2,3)30-22(17-4-6-18(26)7-5-17)20(13-28-30)23-29-19(14-34-23)12-21(32)27-15-25(16-31)8-10-33-11-9-25/h4-7,13-14,31H,8-12,15-16H2,1-3H3,(H,27,32). The summed E-state index contributed by atoms with van der Waals surface area (Å²) in [6.07, 6.45) is 3.40. The summed E-state index contributed by atoms with van der Waals surface area (Å²) in [5.74, 6) is -0.418. The summed E-state index contributed by atoms with van der Waals surface area (Å²) in [5.41, 5.74) is 2.64. The van der Waals surface area contributed by atoms with Crippen molar-refractivity contribution in [1.82, 2.24) is 20.1 Å². The maximum atomic E-state index is 13.5. The van der Waals surface area contributed by atoms with Crippen LogP contribution in [0.25, 0.3) is 21.8 Å². The number of halogens is 1. The number of amides is 1. The van der Waals surface area contributed by atoms with Gasteiger partial charge in [-0.3, -0.25) is 9.48 Å². The number of nitrogens with one attached hydrogen (secondary N) is 1. The van der Waals surface area contributed by atoms with Crippen molar-refractivity contribution in [3.63, 3.8) is 0 Å².